The third-order valence-electron chi connectivity index (χ3n) is 3.20. The van der Waals surface area contributed by atoms with Crippen molar-refractivity contribution < 1.29 is 4.52 Å². The van der Waals surface area contributed by atoms with E-state index in [2.05, 4.69) is 20.0 Å². The highest BCUT2D eigenvalue weighted by Crippen LogP contribution is 2.29. The van der Waals surface area contributed by atoms with Crippen LogP contribution < -0.4 is 5.73 Å². The predicted octanol–water partition coefficient (Wildman–Crippen LogP) is 0.836. The van der Waals surface area contributed by atoms with Crippen LogP contribution in [0.5, 0.6) is 0 Å². The molecule has 2 unspecified atom stereocenters. The van der Waals surface area contributed by atoms with Gasteiger partial charge in [-0.05, 0) is 25.6 Å². The van der Waals surface area contributed by atoms with E-state index in [1.54, 1.807) is 6.20 Å². The van der Waals surface area contributed by atoms with E-state index in [0.29, 0.717) is 11.7 Å². The van der Waals surface area contributed by atoms with E-state index < -0.39 is 0 Å². The minimum Gasteiger partial charge on any atom is -0.337 e. The van der Waals surface area contributed by atoms with Gasteiger partial charge in [-0.2, -0.15) is 4.98 Å². The summed E-state index contributed by atoms with van der Waals surface area (Å²) in [5.41, 5.74) is 6.65. The molecule has 6 heteroatoms. The van der Waals surface area contributed by atoms with Crippen LogP contribution in [0.2, 0.25) is 0 Å². The van der Waals surface area contributed by atoms with E-state index in [-0.39, 0.29) is 12.1 Å². The summed E-state index contributed by atoms with van der Waals surface area (Å²) < 4.78 is 5.32. The summed E-state index contributed by atoms with van der Waals surface area (Å²) in [7, 11) is 2.02. The van der Waals surface area contributed by atoms with Crippen LogP contribution in [0.25, 0.3) is 11.5 Å². The molecule has 1 fully saturated rings. The van der Waals surface area contributed by atoms with E-state index in [1.807, 2.05) is 25.2 Å². The lowest BCUT2D eigenvalue weighted by Crippen LogP contribution is -2.24. The van der Waals surface area contributed by atoms with Crippen LogP contribution in [0, 0.1) is 0 Å². The highest BCUT2D eigenvalue weighted by atomic mass is 16.5. The number of nitrogens with zero attached hydrogens (tertiary/aromatic N) is 4. The SMILES string of the molecule is CN1CC(N)CC1c1nc(-c2ccccn2)no1. The molecule has 3 rings (SSSR count). The molecule has 0 aliphatic carbocycles. The zero-order valence-corrected chi connectivity index (χ0v) is 10.2. The Bertz CT molecular complexity index is 526. The molecular weight excluding hydrogens is 230 g/mol. The Kier molecular flexibility index (Phi) is 2.81. The van der Waals surface area contributed by atoms with Crippen LogP contribution in [0.4, 0.5) is 0 Å². The fourth-order valence-electron chi connectivity index (χ4n) is 2.30. The van der Waals surface area contributed by atoms with Gasteiger partial charge in [0.15, 0.2) is 0 Å². The molecule has 2 aromatic rings. The first-order valence-corrected chi connectivity index (χ1v) is 5.95. The van der Waals surface area contributed by atoms with Gasteiger partial charge in [-0.25, -0.2) is 0 Å². The average molecular weight is 245 g/mol. The zero-order chi connectivity index (χ0) is 12.5. The molecule has 1 aliphatic heterocycles. The Morgan fingerprint density at radius 1 is 1.44 bits per heavy atom. The molecule has 18 heavy (non-hydrogen) atoms. The molecule has 0 amide bonds. The van der Waals surface area contributed by atoms with Crippen molar-refractivity contribution in [3.63, 3.8) is 0 Å². The van der Waals surface area contributed by atoms with E-state index in [9.17, 15) is 0 Å². The van der Waals surface area contributed by atoms with E-state index in [0.717, 1.165) is 18.7 Å². The molecule has 3 heterocycles. The number of hydrogen-bond acceptors (Lipinski definition) is 6. The van der Waals surface area contributed by atoms with Crippen molar-refractivity contribution in [2.24, 2.45) is 5.73 Å². The van der Waals surface area contributed by atoms with Crippen LogP contribution >= 0.6 is 0 Å². The fraction of sp³-hybridized carbons (Fsp3) is 0.417. The first-order chi connectivity index (χ1) is 8.74. The first kappa shape index (κ1) is 11.3. The minimum absolute atomic E-state index is 0.116. The molecule has 6 nitrogen and oxygen atoms in total. The van der Waals surface area contributed by atoms with Gasteiger partial charge in [0, 0.05) is 18.8 Å². The normalized spacial score (nSPS) is 24.6. The maximum Gasteiger partial charge on any atom is 0.244 e. The lowest BCUT2D eigenvalue weighted by molar-refractivity contribution is 0.244. The van der Waals surface area contributed by atoms with Gasteiger partial charge in [-0.1, -0.05) is 11.2 Å². The van der Waals surface area contributed by atoms with Crippen LogP contribution in [-0.4, -0.2) is 39.7 Å². The van der Waals surface area contributed by atoms with Gasteiger partial charge < -0.3 is 10.3 Å². The molecule has 0 radical (unpaired) electrons. The lowest BCUT2D eigenvalue weighted by atomic mass is 10.2. The van der Waals surface area contributed by atoms with Crippen molar-refractivity contribution in [1.82, 2.24) is 20.0 Å². The minimum atomic E-state index is 0.116. The Hall–Kier alpha value is -1.79. The Balaban J connectivity index is 1.86. The molecule has 0 aromatic carbocycles. The molecule has 2 aromatic heterocycles. The Morgan fingerprint density at radius 2 is 2.33 bits per heavy atom. The van der Waals surface area contributed by atoms with Crippen molar-refractivity contribution in [3.05, 3.63) is 30.3 Å². The van der Waals surface area contributed by atoms with E-state index >= 15 is 0 Å². The maximum atomic E-state index is 5.93. The number of hydrogen-bond donors (Lipinski definition) is 1. The van der Waals surface area contributed by atoms with Crippen LogP contribution in [-0.2, 0) is 0 Å². The van der Waals surface area contributed by atoms with Gasteiger partial charge in [-0.15, -0.1) is 0 Å². The average Bonchev–Trinajstić information content (AvgIpc) is 2.97. The third-order valence-corrected chi connectivity index (χ3v) is 3.20. The molecule has 0 spiro atoms. The maximum absolute atomic E-state index is 5.93. The second kappa shape index (κ2) is 4.47. The predicted molar refractivity (Wildman–Crippen MR) is 65.5 cm³/mol. The monoisotopic (exact) mass is 245 g/mol. The van der Waals surface area contributed by atoms with Crippen molar-refractivity contribution in [2.75, 3.05) is 13.6 Å². The molecule has 94 valence electrons. The highest BCUT2D eigenvalue weighted by molar-refractivity contribution is 5.47. The smallest absolute Gasteiger partial charge is 0.244 e. The Labute approximate surface area is 105 Å². The summed E-state index contributed by atoms with van der Waals surface area (Å²) >= 11 is 0. The third kappa shape index (κ3) is 2.00. The molecule has 2 N–H and O–H groups in total. The largest absolute Gasteiger partial charge is 0.337 e. The van der Waals surface area contributed by atoms with Gasteiger partial charge >= 0.3 is 0 Å². The lowest BCUT2D eigenvalue weighted by Gasteiger charge is -2.13. The van der Waals surface area contributed by atoms with Crippen molar-refractivity contribution in [1.29, 1.82) is 0 Å². The van der Waals surface area contributed by atoms with Gasteiger partial charge in [-0.3, -0.25) is 9.88 Å². The molecule has 0 saturated carbocycles. The van der Waals surface area contributed by atoms with Gasteiger partial charge in [0.05, 0.1) is 6.04 Å². The highest BCUT2D eigenvalue weighted by Gasteiger charge is 2.32. The first-order valence-electron chi connectivity index (χ1n) is 5.95. The summed E-state index contributed by atoms with van der Waals surface area (Å²) in [6.07, 6.45) is 2.56. The van der Waals surface area contributed by atoms with Crippen LogP contribution in [0.15, 0.2) is 28.9 Å². The van der Waals surface area contributed by atoms with Gasteiger partial charge in [0.25, 0.3) is 0 Å². The summed E-state index contributed by atoms with van der Waals surface area (Å²) in [6, 6.07) is 5.90. The molecule has 1 saturated heterocycles. The van der Waals surface area contributed by atoms with Crippen molar-refractivity contribution in [2.45, 2.75) is 18.5 Å². The van der Waals surface area contributed by atoms with Crippen molar-refractivity contribution >= 4 is 0 Å². The second-order valence-corrected chi connectivity index (χ2v) is 4.62. The summed E-state index contributed by atoms with van der Waals surface area (Å²) in [5.74, 6) is 1.14. The van der Waals surface area contributed by atoms with Crippen LogP contribution in [0.1, 0.15) is 18.4 Å². The van der Waals surface area contributed by atoms with Gasteiger partial charge in [0.2, 0.25) is 11.7 Å². The number of rotatable bonds is 2. The second-order valence-electron chi connectivity index (χ2n) is 4.62. The summed E-state index contributed by atoms with van der Waals surface area (Å²) in [6.45, 7) is 0.853. The zero-order valence-electron chi connectivity index (χ0n) is 10.2. The number of likely N-dealkylation sites (tertiary alicyclic amines) is 1. The summed E-state index contributed by atoms with van der Waals surface area (Å²) in [4.78, 5) is 10.7. The van der Waals surface area contributed by atoms with E-state index in [1.165, 1.54) is 0 Å². The van der Waals surface area contributed by atoms with Gasteiger partial charge in [0.1, 0.15) is 5.69 Å². The molecule has 0 bridgehead atoms. The van der Waals surface area contributed by atoms with E-state index in [4.69, 9.17) is 10.3 Å². The molecule has 1 aliphatic rings. The number of aromatic nitrogens is 3. The fourth-order valence-corrected chi connectivity index (χ4v) is 2.30. The number of likely N-dealkylation sites (N-methyl/N-ethyl adjacent to an activating group) is 1. The standard InChI is InChI=1S/C12H15N5O/c1-17-7-8(13)6-10(17)12-15-11(16-18-12)9-4-2-3-5-14-9/h2-5,8,10H,6-7,13H2,1H3. The summed E-state index contributed by atoms with van der Waals surface area (Å²) in [5, 5.41) is 3.97. The van der Waals surface area contributed by atoms with Crippen molar-refractivity contribution in [3.8, 4) is 11.5 Å². The number of pyridine rings is 1. The van der Waals surface area contributed by atoms with Crippen LogP contribution in [0.3, 0.4) is 0 Å². The topological polar surface area (TPSA) is 81.1 Å². The molecule has 2 atom stereocenters. The molecular formula is C12H15N5O. The quantitative estimate of drug-likeness (QED) is 0.844. The number of nitrogens with two attached hydrogens (primary N) is 1. The Morgan fingerprint density at radius 3 is 3.00 bits per heavy atom.